The second kappa shape index (κ2) is 56.4. The topological polar surface area (TPSA) is 475 Å². The number of esters is 6. The van der Waals surface area contributed by atoms with Gasteiger partial charge in [0.25, 0.3) is 47.3 Å². The summed E-state index contributed by atoms with van der Waals surface area (Å²) in [5, 5.41) is 27.6. The number of carbonyl (C=O) groups excluding carboxylic acids is 15. The van der Waals surface area contributed by atoms with E-state index < -0.39 is 93.2 Å². The minimum atomic E-state index is -1.21. The van der Waals surface area contributed by atoms with Crippen molar-refractivity contribution in [1.82, 2.24) is 39.2 Å². The van der Waals surface area contributed by atoms with E-state index in [-0.39, 0.29) is 141 Å². The molecule has 36 nitrogen and oxygen atoms in total. The zero-order chi connectivity index (χ0) is 117. The summed E-state index contributed by atoms with van der Waals surface area (Å²) >= 11 is 0. The lowest BCUT2D eigenvalue weighted by atomic mass is 9.95. The van der Waals surface area contributed by atoms with Crippen molar-refractivity contribution >= 4 is 107 Å². The molecule has 828 valence electrons. The number of carboxylic acids is 3. The lowest BCUT2D eigenvalue weighted by molar-refractivity contribution is 0.00567. The molecule has 9 amide bonds. The maximum atomic E-state index is 13.1. The monoisotopic (exact) mass is 2090 g/mol. The predicted molar refractivity (Wildman–Crippen MR) is 575 cm³/mol. The highest BCUT2D eigenvalue weighted by molar-refractivity contribution is 6.08. The molecule has 0 aromatic heterocycles. The summed E-state index contributed by atoms with van der Waals surface area (Å²) in [6.45, 7) is 70.3. The lowest BCUT2D eigenvalue weighted by Crippen LogP contribution is -2.36. The molecule has 5 N–H and O–H groups in total. The van der Waals surface area contributed by atoms with E-state index in [2.05, 4.69) is 0 Å². The van der Waals surface area contributed by atoms with Crippen LogP contribution in [0.4, 0.5) is 0 Å². The fourth-order valence-electron chi connectivity index (χ4n) is 14.0. The first-order valence-corrected chi connectivity index (χ1v) is 49.7. The van der Waals surface area contributed by atoms with E-state index in [0.717, 1.165) is 0 Å². The quantitative estimate of drug-likeness (QED) is 0.0250. The number of carbonyl (C=O) groups is 18. The Kier molecular flexibility index (Phi) is 50.3. The van der Waals surface area contributed by atoms with Crippen LogP contribution in [0.5, 0.6) is 0 Å². The Morgan fingerprint density at radius 2 is 0.333 bits per heavy atom. The molecule has 6 rings (SSSR count). The fraction of sp³-hybridized carbons (Fsp3) is 0.526. The summed E-state index contributed by atoms with van der Waals surface area (Å²) in [7, 11) is 8.18. The second-order valence-corrected chi connectivity index (χ2v) is 45.4. The predicted octanol–water partition coefficient (Wildman–Crippen LogP) is 19.0. The van der Waals surface area contributed by atoms with Crippen molar-refractivity contribution in [3.63, 3.8) is 0 Å². The maximum absolute atomic E-state index is 13.1. The highest BCUT2D eigenvalue weighted by Crippen LogP contribution is 2.29. The van der Waals surface area contributed by atoms with Gasteiger partial charge in [-0.3, -0.25) is 43.2 Å². The van der Waals surface area contributed by atoms with Crippen molar-refractivity contribution in [2.24, 2.45) is 22.0 Å². The number of rotatable bonds is 29. The van der Waals surface area contributed by atoms with Gasteiger partial charge in [0.05, 0.1) is 50.1 Å². The van der Waals surface area contributed by atoms with Crippen LogP contribution in [0.2, 0.25) is 0 Å². The van der Waals surface area contributed by atoms with Crippen molar-refractivity contribution < 1.29 is 130 Å². The fourth-order valence-corrected chi connectivity index (χ4v) is 14.0. The number of hydrogen-bond donors (Lipinski definition) is 4. The number of amides is 9. The van der Waals surface area contributed by atoms with Crippen molar-refractivity contribution in [2.45, 2.75) is 276 Å². The van der Waals surface area contributed by atoms with Crippen LogP contribution in [0.3, 0.4) is 0 Å². The molecule has 0 radical (unpaired) electrons. The molecule has 0 heterocycles. The Balaban J connectivity index is 0.000000904. The summed E-state index contributed by atoms with van der Waals surface area (Å²) in [4.78, 5) is 233. The van der Waals surface area contributed by atoms with Crippen molar-refractivity contribution in [3.8, 4) is 0 Å². The van der Waals surface area contributed by atoms with Crippen LogP contribution in [-0.4, -0.2) is 302 Å². The molecular formula is C114H165N9O27. The largest absolute Gasteiger partial charge is 0.478 e. The molecule has 0 aliphatic heterocycles. The van der Waals surface area contributed by atoms with Crippen molar-refractivity contribution in [3.05, 3.63) is 209 Å². The molecule has 36 heteroatoms. The summed E-state index contributed by atoms with van der Waals surface area (Å²) in [6, 6.07) is 24.8. The molecule has 0 saturated carbocycles. The van der Waals surface area contributed by atoms with Crippen LogP contribution in [0.15, 0.2) is 109 Å². The van der Waals surface area contributed by atoms with E-state index in [1.54, 1.807) is 201 Å². The van der Waals surface area contributed by atoms with E-state index >= 15 is 0 Å². The molecule has 0 aliphatic rings. The van der Waals surface area contributed by atoms with E-state index in [1.165, 1.54) is 107 Å². The van der Waals surface area contributed by atoms with Crippen LogP contribution in [0, 0.1) is 16.2 Å². The summed E-state index contributed by atoms with van der Waals surface area (Å²) in [5.41, 5.74) is 3.13. The first-order chi connectivity index (χ1) is 68.2. The Morgan fingerprint density at radius 1 is 0.207 bits per heavy atom. The molecule has 0 unspecified atom stereocenters. The van der Waals surface area contributed by atoms with Gasteiger partial charge in [0.15, 0.2) is 0 Å². The van der Waals surface area contributed by atoms with Gasteiger partial charge in [-0.25, -0.2) is 43.2 Å². The third kappa shape index (κ3) is 47.5. The van der Waals surface area contributed by atoms with E-state index in [4.69, 9.17) is 39.3 Å². The normalized spacial score (nSPS) is 11.4. The van der Waals surface area contributed by atoms with E-state index in [9.17, 15) is 96.5 Å². The smallest absolute Gasteiger partial charge is 0.338 e. The lowest BCUT2D eigenvalue weighted by Gasteiger charge is -2.28. The molecule has 0 bridgehead atoms. The number of ether oxygens (including phenoxy) is 6. The summed E-state index contributed by atoms with van der Waals surface area (Å²) in [5.74, 6) is -10.3. The van der Waals surface area contributed by atoms with E-state index in [1.807, 2.05) is 118 Å². The molecule has 0 aliphatic carbocycles. The zero-order valence-corrected chi connectivity index (χ0v) is 96.0. The standard InChI is InChI=1S/C25H40N2O4.C21H32N2O4.C19H27NO5.C17H24N2O4.C17H23NO5.C15H19NO5/c1-23(2,3)15-26(10)20(28)17-12-18(21(29)27(11)16-24(4,5)6)14-19(13-17)22(30)31-25(7,8)9;1-8-22(9-2)18(24)15-12-16(19(25)23(10-3)11-4)14-17(13-15)20(26)27-21(5,6)7;1-18(2,3)11-20(7)15(21)12-8-13(16(22)23)10-14(9-12)17(24)25-19(4,5)6;1-6-19(7-2)15(21)12-8-11(14(18)20)9-13(10-12)16(22)23-17(3,4)5;1-6-18(7-2)14(19)11-8-12(15(20)21)10-13(9-11)16(22)23-17(3,4)5;1-15(2,3)21-14(20)11-7-9(12(17)16(4)5)6-10(8-11)13(18)19/h12-14H,15-16H2,1-11H3;12-14H,8-11H2,1-7H3;8-10H,11H2,1-7H3,(H,22,23);8-10H,6-7H2,1-5H3,(H2,18,20);8-10H,6-7H2,1-5H3,(H,20,21);6-8H,1-5H3,(H,18,19). The maximum Gasteiger partial charge on any atom is 0.338 e. The molecule has 6 aromatic rings. The minimum Gasteiger partial charge on any atom is -0.478 e. The van der Waals surface area contributed by atoms with Crippen LogP contribution in [-0.2, 0) is 28.4 Å². The third-order valence-corrected chi connectivity index (χ3v) is 20.2. The number of nitrogens with two attached hydrogens (primary N) is 1. The Morgan fingerprint density at radius 3 is 0.467 bits per heavy atom. The van der Waals surface area contributed by atoms with Crippen LogP contribution < -0.4 is 5.73 Å². The SMILES string of the molecule is CCN(CC)C(=O)c1cc(C(=O)O)cc(C(=O)OC(C)(C)C)c1.CCN(CC)C(=O)c1cc(C(=O)OC(C)(C)C)cc(C(=O)N(CC)CC)c1.CCN(CC)C(=O)c1cc(C(N)=O)cc(C(=O)OC(C)(C)C)c1.CN(C)C(=O)c1cc(C(=O)O)cc(C(=O)OC(C)(C)C)c1.CN(CC(C)(C)C)C(=O)c1cc(C(=O)O)cc(C(=O)OC(C)(C)C)c1.CN(CC(C)(C)C)C(=O)c1cc(C(=O)OC(C)(C)C)cc(C(=O)N(C)CC(C)(C)C)c1. The van der Waals surface area contributed by atoms with Crippen LogP contribution in [0.25, 0.3) is 0 Å². The number of hydrogen-bond acceptors (Lipinski definition) is 24. The van der Waals surface area contributed by atoms with Gasteiger partial charge in [0.2, 0.25) is 5.91 Å². The third-order valence-electron chi connectivity index (χ3n) is 20.2. The number of nitrogens with zero attached hydrogens (tertiary/aromatic N) is 8. The molecule has 0 spiro atoms. The van der Waals surface area contributed by atoms with Gasteiger partial charge >= 0.3 is 53.7 Å². The van der Waals surface area contributed by atoms with Crippen molar-refractivity contribution in [2.75, 3.05) is 107 Å². The zero-order valence-electron chi connectivity index (χ0n) is 96.0. The average molecular weight is 2090 g/mol. The Labute approximate surface area is 886 Å². The van der Waals surface area contributed by atoms with Gasteiger partial charge in [0, 0.05) is 157 Å². The average Bonchev–Trinajstić information content (AvgIpc) is 0.789. The highest BCUT2D eigenvalue weighted by Gasteiger charge is 2.34. The van der Waals surface area contributed by atoms with E-state index in [0.29, 0.717) is 94.2 Å². The molecule has 0 atom stereocenters. The first-order valence-electron chi connectivity index (χ1n) is 49.7. The molecule has 0 fully saturated rings. The molecular weight excluding hydrogens is 1930 g/mol. The Bertz CT molecular complexity index is 5610. The molecule has 6 aromatic carbocycles. The highest BCUT2D eigenvalue weighted by atomic mass is 16.6. The summed E-state index contributed by atoms with van der Waals surface area (Å²) < 4.78 is 31.9. The van der Waals surface area contributed by atoms with Crippen LogP contribution >= 0.6 is 0 Å². The van der Waals surface area contributed by atoms with Gasteiger partial charge in [-0.15, -0.1) is 0 Å². The number of carboxylic acid groups (broad SMARTS) is 3. The van der Waals surface area contributed by atoms with Gasteiger partial charge in [0.1, 0.15) is 33.6 Å². The number of aromatic carboxylic acids is 3. The van der Waals surface area contributed by atoms with Crippen molar-refractivity contribution in [1.29, 1.82) is 0 Å². The number of primary amides is 1. The molecule has 150 heavy (non-hydrogen) atoms. The number of benzene rings is 6. The Hall–Kier alpha value is -14.2. The van der Waals surface area contributed by atoms with Gasteiger partial charge in [-0.2, -0.15) is 0 Å². The minimum absolute atomic E-state index is 0.0371. The molecule has 0 saturated heterocycles. The van der Waals surface area contributed by atoms with Gasteiger partial charge in [-0.1, -0.05) is 62.3 Å². The van der Waals surface area contributed by atoms with Crippen LogP contribution in [0.1, 0.15) is 429 Å². The summed E-state index contributed by atoms with van der Waals surface area (Å²) in [6.07, 6.45) is 0. The van der Waals surface area contributed by atoms with Gasteiger partial charge < -0.3 is 88.7 Å². The first kappa shape index (κ1) is 134. The second-order valence-electron chi connectivity index (χ2n) is 45.4. The van der Waals surface area contributed by atoms with Gasteiger partial charge in [-0.05, 0) is 305 Å².